The summed E-state index contributed by atoms with van der Waals surface area (Å²) in [6, 6.07) is 7.76. The van der Waals surface area contributed by atoms with E-state index in [1.807, 2.05) is 31.2 Å². The number of hydrogen-bond donors (Lipinski definition) is 1. The molecule has 0 spiro atoms. The molecule has 2 atom stereocenters. The van der Waals surface area contributed by atoms with Gasteiger partial charge in [0.25, 0.3) is 0 Å². The molecule has 1 aromatic rings. The van der Waals surface area contributed by atoms with Crippen LogP contribution in [-0.2, 0) is 4.74 Å². The van der Waals surface area contributed by atoms with Crippen LogP contribution < -0.4 is 10.5 Å². The zero-order chi connectivity index (χ0) is 14.3. The maximum Gasteiger partial charge on any atom is 0.118 e. The zero-order valence-corrected chi connectivity index (χ0v) is 12.6. The van der Waals surface area contributed by atoms with Crippen molar-refractivity contribution in [3.8, 4) is 5.75 Å². The van der Waals surface area contributed by atoms with Gasteiger partial charge in [0, 0.05) is 6.61 Å². The first-order chi connectivity index (χ1) is 9.04. The molecule has 0 radical (unpaired) electrons. The van der Waals surface area contributed by atoms with Crippen LogP contribution >= 0.6 is 0 Å². The largest absolute Gasteiger partial charge is 0.497 e. The Hall–Kier alpha value is -1.06. The third-order valence-electron chi connectivity index (χ3n) is 3.31. The molecule has 0 amide bonds. The van der Waals surface area contributed by atoms with E-state index in [1.165, 1.54) is 6.42 Å². The third-order valence-corrected chi connectivity index (χ3v) is 3.31. The van der Waals surface area contributed by atoms with E-state index in [9.17, 15) is 0 Å². The van der Waals surface area contributed by atoms with Gasteiger partial charge in [-0.05, 0) is 43.4 Å². The standard InChI is InChI=1S/C16H27NO2/c1-12(2)6-5-11-19-13(3)16(17)14-7-9-15(18-4)10-8-14/h7-10,12-13,16H,5-6,11,17H2,1-4H3. The summed E-state index contributed by atoms with van der Waals surface area (Å²) in [7, 11) is 1.66. The number of hydrogen-bond acceptors (Lipinski definition) is 3. The maximum atomic E-state index is 6.21. The minimum absolute atomic E-state index is 0.0283. The molecule has 0 saturated carbocycles. The topological polar surface area (TPSA) is 44.5 Å². The summed E-state index contributed by atoms with van der Waals surface area (Å²) in [4.78, 5) is 0. The van der Waals surface area contributed by atoms with E-state index in [-0.39, 0.29) is 12.1 Å². The van der Waals surface area contributed by atoms with Gasteiger partial charge < -0.3 is 15.2 Å². The van der Waals surface area contributed by atoms with Crippen LogP contribution in [0.15, 0.2) is 24.3 Å². The quantitative estimate of drug-likeness (QED) is 0.731. The maximum absolute atomic E-state index is 6.21. The molecule has 0 saturated heterocycles. The van der Waals surface area contributed by atoms with Crippen LogP contribution in [0.3, 0.4) is 0 Å². The molecule has 0 bridgehead atoms. The van der Waals surface area contributed by atoms with Gasteiger partial charge in [-0.25, -0.2) is 0 Å². The molecule has 108 valence electrons. The van der Waals surface area contributed by atoms with Crippen LogP contribution in [-0.4, -0.2) is 19.8 Å². The predicted octanol–water partition coefficient (Wildman–Crippen LogP) is 3.54. The van der Waals surface area contributed by atoms with Crippen molar-refractivity contribution in [2.45, 2.75) is 45.8 Å². The molecule has 0 aromatic heterocycles. The third kappa shape index (κ3) is 5.62. The number of rotatable bonds is 8. The van der Waals surface area contributed by atoms with Crippen LogP contribution in [0.25, 0.3) is 0 Å². The fraction of sp³-hybridized carbons (Fsp3) is 0.625. The van der Waals surface area contributed by atoms with E-state index in [0.717, 1.165) is 30.3 Å². The summed E-state index contributed by atoms with van der Waals surface area (Å²) >= 11 is 0. The molecule has 0 fully saturated rings. The first-order valence-electron chi connectivity index (χ1n) is 7.05. The summed E-state index contributed by atoms with van der Waals surface area (Å²) in [6.45, 7) is 7.27. The molecule has 3 nitrogen and oxygen atoms in total. The fourth-order valence-corrected chi connectivity index (χ4v) is 1.96. The summed E-state index contributed by atoms with van der Waals surface area (Å²) < 4.78 is 10.9. The second-order valence-electron chi connectivity index (χ2n) is 5.41. The van der Waals surface area contributed by atoms with Crippen LogP contribution in [0.2, 0.25) is 0 Å². The average Bonchev–Trinajstić information content (AvgIpc) is 2.42. The fourth-order valence-electron chi connectivity index (χ4n) is 1.96. The molecular weight excluding hydrogens is 238 g/mol. The summed E-state index contributed by atoms with van der Waals surface area (Å²) in [5.74, 6) is 1.58. The lowest BCUT2D eigenvalue weighted by atomic mass is 10.0. The van der Waals surface area contributed by atoms with Crippen molar-refractivity contribution in [3.63, 3.8) is 0 Å². The van der Waals surface area contributed by atoms with Crippen LogP contribution in [0.1, 0.15) is 45.2 Å². The van der Waals surface area contributed by atoms with Crippen molar-refractivity contribution in [1.82, 2.24) is 0 Å². The average molecular weight is 265 g/mol. The second-order valence-corrected chi connectivity index (χ2v) is 5.41. The first kappa shape index (κ1) is 16.0. The minimum atomic E-state index is -0.0926. The Morgan fingerprint density at radius 1 is 1.11 bits per heavy atom. The molecule has 19 heavy (non-hydrogen) atoms. The van der Waals surface area contributed by atoms with Crippen molar-refractivity contribution in [3.05, 3.63) is 29.8 Å². The lowest BCUT2D eigenvalue weighted by molar-refractivity contribution is 0.0444. The molecule has 0 aliphatic rings. The van der Waals surface area contributed by atoms with Gasteiger partial charge >= 0.3 is 0 Å². The number of methoxy groups -OCH3 is 1. The lowest BCUT2D eigenvalue weighted by Crippen LogP contribution is -2.26. The smallest absolute Gasteiger partial charge is 0.118 e. The van der Waals surface area contributed by atoms with Gasteiger partial charge in [0.05, 0.1) is 19.3 Å². The summed E-state index contributed by atoms with van der Waals surface area (Å²) in [5, 5.41) is 0. The molecular formula is C16H27NO2. The summed E-state index contributed by atoms with van der Waals surface area (Å²) in [5.41, 5.74) is 7.29. The van der Waals surface area contributed by atoms with Gasteiger partial charge in [-0.15, -0.1) is 0 Å². The van der Waals surface area contributed by atoms with Crippen LogP contribution in [0.4, 0.5) is 0 Å². The SMILES string of the molecule is COc1ccc(C(N)C(C)OCCCC(C)C)cc1. The number of nitrogens with two attached hydrogens (primary N) is 1. The van der Waals surface area contributed by atoms with E-state index in [1.54, 1.807) is 7.11 Å². The van der Waals surface area contributed by atoms with Crippen molar-refractivity contribution >= 4 is 0 Å². The Morgan fingerprint density at radius 3 is 2.26 bits per heavy atom. The van der Waals surface area contributed by atoms with Crippen molar-refractivity contribution in [2.24, 2.45) is 11.7 Å². The van der Waals surface area contributed by atoms with Crippen molar-refractivity contribution in [1.29, 1.82) is 0 Å². The zero-order valence-electron chi connectivity index (χ0n) is 12.6. The Kier molecular flexibility index (Phi) is 6.89. The Morgan fingerprint density at radius 2 is 1.74 bits per heavy atom. The lowest BCUT2D eigenvalue weighted by Gasteiger charge is -2.21. The minimum Gasteiger partial charge on any atom is -0.497 e. The highest BCUT2D eigenvalue weighted by Gasteiger charge is 2.15. The highest BCUT2D eigenvalue weighted by molar-refractivity contribution is 5.29. The molecule has 3 heteroatoms. The monoisotopic (exact) mass is 265 g/mol. The number of benzene rings is 1. The second kappa shape index (κ2) is 8.18. The van der Waals surface area contributed by atoms with Crippen LogP contribution in [0.5, 0.6) is 5.75 Å². The van der Waals surface area contributed by atoms with Gasteiger partial charge in [0.2, 0.25) is 0 Å². The van der Waals surface area contributed by atoms with Gasteiger partial charge in [0.15, 0.2) is 0 Å². The van der Waals surface area contributed by atoms with E-state index in [2.05, 4.69) is 13.8 Å². The molecule has 2 N–H and O–H groups in total. The normalized spacial score (nSPS) is 14.4. The van der Waals surface area contributed by atoms with E-state index < -0.39 is 0 Å². The molecule has 1 aromatic carbocycles. The number of ether oxygens (including phenoxy) is 2. The molecule has 1 rings (SSSR count). The van der Waals surface area contributed by atoms with E-state index in [0.29, 0.717) is 0 Å². The van der Waals surface area contributed by atoms with Crippen molar-refractivity contribution in [2.75, 3.05) is 13.7 Å². The predicted molar refractivity (Wildman–Crippen MR) is 79.4 cm³/mol. The Balaban J connectivity index is 2.40. The molecule has 2 unspecified atom stereocenters. The first-order valence-corrected chi connectivity index (χ1v) is 7.05. The molecule has 0 aliphatic heterocycles. The van der Waals surface area contributed by atoms with E-state index in [4.69, 9.17) is 15.2 Å². The van der Waals surface area contributed by atoms with Crippen molar-refractivity contribution < 1.29 is 9.47 Å². The summed E-state index contributed by atoms with van der Waals surface area (Å²) in [6.07, 6.45) is 2.32. The highest BCUT2D eigenvalue weighted by atomic mass is 16.5. The van der Waals surface area contributed by atoms with Gasteiger partial charge in [-0.1, -0.05) is 26.0 Å². The van der Waals surface area contributed by atoms with Gasteiger partial charge in [0.1, 0.15) is 5.75 Å². The van der Waals surface area contributed by atoms with E-state index >= 15 is 0 Å². The highest BCUT2D eigenvalue weighted by Crippen LogP contribution is 2.20. The molecule has 0 aliphatic carbocycles. The van der Waals surface area contributed by atoms with Gasteiger partial charge in [-0.2, -0.15) is 0 Å². The Bertz CT molecular complexity index is 348. The Labute approximate surface area is 117 Å². The van der Waals surface area contributed by atoms with Crippen LogP contribution in [0, 0.1) is 5.92 Å². The molecule has 0 heterocycles. The van der Waals surface area contributed by atoms with Gasteiger partial charge in [-0.3, -0.25) is 0 Å².